The third kappa shape index (κ3) is 2.91. The fourth-order valence-electron chi connectivity index (χ4n) is 2.14. The molecule has 5 nitrogen and oxygen atoms in total. The highest BCUT2D eigenvalue weighted by Crippen LogP contribution is 2.26. The molecule has 1 saturated heterocycles. The van der Waals surface area contributed by atoms with Crippen LogP contribution in [-0.2, 0) is 9.59 Å². The Morgan fingerprint density at radius 1 is 1.30 bits per heavy atom. The van der Waals surface area contributed by atoms with E-state index in [1.165, 1.54) is 23.5 Å². The third-order valence-corrected chi connectivity index (χ3v) is 4.06. The fraction of sp³-hybridized carbons (Fsp3) is 0.0625. The van der Waals surface area contributed by atoms with Crippen LogP contribution >= 0.6 is 23.8 Å². The second-order valence-corrected chi connectivity index (χ2v) is 5.74. The molecule has 7 heteroatoms. The van der Waals surface area contributed by atoms with E-state index in [0.717, 1.165) is 5.56 Å². The number of furan rings is 1. The predicted octanol–water partition coefficient (Wildman–Crippen LogP) is 3.07. The molecule has 1 aliphatic rings. The lowest BCUT2D eigenvalue weighted by atomic mass is 10.1. The number of carbonyl (C=O) groups is 2. The van der Waals surface area contributed by atoms with Gasteiger partial charge in [-0.2, -0.15) is 0 Å². The zero-order chi connectivity index (χ0) is 16.6. The zero-order valence-electron chi connectivity index (χ0n) is 12.0. The van der Waals surface area contributed by atoms with E-state index >= 15 is 0 Å². The number of nitrogens with one attached hydrogen (secondary N) is 1. The summed E-state index contributed by atoms with van der Waals surface area (Å²) in [5.74, 6) is -1.06. The zero-order valence-corrected chi connectivity index (χ0v) is 13.6. The molecule has 1 aliphatic heterocycles. The maximum atomic E-state index is 12.7. The molecule has 1 aromatic carbocycles. The summed E-state index contributed by atoms with van der Waals surface area (Å²) in [5, 5.41) is 3.04. The largest absolute Gasteiger partial charge is 0.472 e. The second kappa shape index (κ2) is 5.98. The molecule has 0 bridgehead atoms. The number of amides is 2. The lowest BCUT2D eigenvalue weighted by Crippen LogP contribution is -2.54. The van der Waals surface area contributed by atoms with Gasteiger partial charge in [-0.15, -0.1) is 0 Å². The highest BCUT2D eigenvalue weighted by Gasteiger charge is 2.34. The molecule has 2 amide bonds. The van der Waals surface area contributed by atoms with Crippen LogP contribution in [0.5, 0.6) is 0 Å². The molecule has 0 radical (unpaired) electrons. The van der Waals surface area contributed by atoms with Crippen molar-refractivity contribution in [2.45, 2.75) is 6.92 Å². The van der Waals surface area contributed by atoms with Gasteiger partial charge in [0.15, 0.2) is 5.11 Å². The molecule has 0 spiro atoms. The highest BCUT2D eigenvalue weighted by molar-refractivity contribution is 7.80. The molecule has 23 heavy (non-hydrogen) atoms. The smallest absolute Gasteiger partial charge is 0.270 e. The normalized spacial score (nSPS) is 16.9. The van der Waals surface area contributed by atoms with Crippen LogP contribution in [0.1, 0.15) is 11.1 Å². The van der Waals surface area contributed by atoms with E-state index in [-0.39, 0.29) is 10.7 Å². The number of hydrogen-bond donors (Lipinski definition) is 1. The first-order chi connectivity index (χ1) is 11.0. The lowest BCUT2D eigenvalue weighted by molar-refractivity contribution is -0.122. The fourth-order valence-corrected chi connectivity index (χ4v) is 2.59. The summed E-state index contributed by atoms with van der Waals surface area (Å²) < 4.78 is 4.94. The molecular weight excluding hydrogens is 336 g/mol. The minimum atomic E-state index is -0.546. The van der Waals surface area contributed by atoms with Crippen molar-refractivity contribution in [1.29, 1.82) is 0 Å². The van der Waals surface area contributed by atoms with Gasteiger partial charge in [0.05, 0.1) is 18.2 Å². The van der Waals surface area contributed by atoms with Gasteiger partial charge < -0.3 is 4.42 Å². The Bertz CT molecular complexity index is 843. The number of rotatable bonds is 2. The van der Waals surface area contributed by atoms with Crippen molar-refractivity contribution in [2.24, 2.45) is 0 Å². The van der Waals surface area contributed by atoms with Crippen LogP contribution in [0.4, 0.5) is 5.69 Å². The maximum Gasteiger partial charge on any atom is 0.270 e. The molecule has 1 fully saturated rings. The summed E-state index contributed by atoms with van der Waals surface area (Å²) in [6, 6.07) is 6.78. The highest BCUT2D eigenvalue weighted by atomic mass is 35.5. The van der Waals surface area contributed by atoms with Crippen molar-refractivity contribution in [3.05, 3.63) is 58.5 Å². The van der Waals surface area contributed by atoms with Gasteiger partial charge in [-0.1, -0.05) is 17.7 Å². The average molecular weight is 347 g/mol. The number of anilines is 1. The minimum Gasteiger partial charge on any atom is -0.472 e. The van der Waals surface area contributed by atoms with Crippen molar-refractivity contribution in [1.82, 2.24) is 5.32 Å². The number of halogens is 1. The summed E-state index contributed by atoms with van der Waals surface area (Å²) >= 11 is 11.2. The van der Waals surface area contributed by atoms with Crippen LogP contribution in [0.2, 0.25) is 5.02 Å². The Morgan fingerprint density at radius 3 is 2.74 bits per heavy atom. The van der Waals surface area contributed by atoms with E-state index in [1.54, 1.807) is 24.3 Å². The molecule has 0 unspecified atom stereocenters. The summed E-state index contributed by atoms with van der Waals surface area (Å²) in [4.78, 5) is 26.0. The third-order valence-electron chi connectivity index (χ3n) is 3.37. The van der Waals surface area contributed by atoms with Crippen molar-refractivity contribution >= 4 is 52.5 Å². The van der Waals surface area contributed by atoms with E-state index in [0.29, 0.717) is 16.3 Å². The van der Waals surface area contributed by atoms with Crippen molar-refractivity contribution in [3.63, 3.8) is 0 Å². The van der Waals surface area contributed by atoms with Crippen LogP contribution in [0.3, 0.4) is 0 Å². The Labute approximate surface area is 142 Å². The predicted molar refractivity (Wildman–Crippen MR) is 91.1 cm³/mol. The van der Waals surface area contributed by atoms with Crippen molar-refractivity contribution in [3.8, 4) is 0 Å². The Kier molecular flexibility index (Phi) is 4.02. The SMILES string of the molecule is Cc1ccc(N2C(=O)/C(=C/c3ccoc3)C(=O)NC2=S)cc1Cl. The van der Waals surface area contributed by atoms with Gasteiger partial charge in [0.2, 0.25) is 0 Å². The molecule has 0 saturated carbocycles. The van der Waals surface area contributed by atoms with Gasteiger partial charge in [0.1, 0.15) is 5.57 Å². The van der Waals surface area contributed by atoms with Gasteiger partial charge >= 0.3 is 0 Å². The summed E-state index contributed by atoms with van der Waals surface area (Å²) in [5.41, 5.74) is 1.95. The number of nitrogens with zero attached hydrogens (tertiary/aromatic N) is 1. The van der Waals surface area contributed by atoms with E-state index in [1.807, 2.05) is 6.92 Å². The molecule has 116 valence electrons. The molecular formula is C16H11ClN2O3S. The van der Waals surface area contributed by atoms with Crippen LogP contribution in [0.25, 0.3) is 6.08 Å². The molecule has 0 atom stereocenters. The first-order valence-corrected chi connectivity index (χ1v) is 7.46. The van der Waals surface area contributed by atoms with E-state index in [4.69, 9.17) is 28.2 Å². The number of hydrogen-bond acceptors (Lipinski definition) is 4. The lowest BCUT2D eigenvalue weighted by Gasteiger charge is -2.29. The standard InChI is InChI=1S/C16H11ClN2O3S/c1-9-2-3-11(7-13(9)17)19-15(21)12(14(20)18-16(19)23)6-10-4-5-22-8-10/h2-8H,1H3,(H,18,20,23)/b12-6+. The summed E-state index contributed by atoms with van der Waals surface area (Å²) in [6.45, 7) is 1.86. The topological polar surface area (TPSA) is 62.6 Å². The monoisotopic (exact) mass is 346 g/mol. The molecule has 2 heterocycles. The minimum absolute atomic E-state index is 0.0178. The van der Waals surface area contributed by atoms with E-state index < -0.39 is 11.8 Å². The van der Waals surface area contributed by atoms with Crippen LogP contribution in [-0.4, -0.2) is 16.9 Å². The second-order valence-electron chi connectivity index (χ2n) is 4.95. The molecule has 1 aromatic heterocycles. The van der Waals surface area contributed by atoms with Crippen LogP contribution in [0, 0.1) is 6.92 Å². The quantitative estimate of drug-likeness (QED) is 0.515. The number of benzene rings is 1. The van der Waals surface area contributed by atoms with Gasteiger partial charge in [-0.25, -0.2) is 0 Å². The first kappa shape index (κ1) is 15.5. The van der Waals surface area contributed by atoms with Crippen LogP contribution < -0.4 is 10.2 Å². The van der Waals surface area contributed by atoms with Gasteiger partial charge in [0, 0.05) is 10.6 Å². The number of aryl methyl sites for hydroxylation is 1. The Morgan fingerprint density at radius 2 is 2.09 bits per heavy atom. The molecule has 2 aromatic rings. The Hall–Kier alpha value is -2.44. The molecule has 0 aliphatic carbocycles. The number of carbonyl (C=O) groups excluding carboxylic acids is 2. The summed E-state index contributed by atoms with van der Waals surface area (Å²) in [7, 11) is 0. The maximum absolute atomic E-state index is 12.7. The van der Waals surface area contributed by atoms with Gasteiger partial charge in [-0.05, 0) is 49.0 Å². The van der Waals surface area contributed by atoms with Crippen molar-refractivity contribution < 1.29 is 14.0 Å². The summed E-state index contributed by atoms with van der Waals surface area (Å²) in [6.07, 6.45) is 4.35. The van der Waals surface area contributed by atoms with Gasteiger partial charge in [0.25, 0.3) is 11.8 Å². The number of thiocarbonyl (C=S) groups is 1. The van der Waals surface area contributed by atoms with Gasteiger partial charge in [-0.3, -0.25) is 19.8 Å². The Balaban J connectivity index is 2.03. The van der Waals surface area contributed by atoms with Crippen LogP contribution in [0.15, 0.2) is 46.8 Å². The van der Waals surface area contributed by atoms with E-state index in [9.17, 15) is 9.59 Å². The first-order valence-electron chi connectivity index (χ1n) is 6.67. The molecule has 1 N–H and O–H groups in total. The van der Waals surface area contributed by atoms with Crippen molar-refractivity contribution in [2.75, 3.05) is 4.90 Å². The molecule has 3 rings (SSSR count). The van der Waals surface area contributed by atoms with E-state index in [2.05, 4.69) is 5.32 Å². The average Bonchev–Trinajstić information content (AvgIpc) is 3.00.